The van der Waals surface area contributed by atoms with Gasteiger partial charge in [0, 0.05) is 18.7 Å². The van der Waals surface area contributed by atoms with Gasteiger partial charge in [0.2, 0.25) is 10.0 Å². The second kappa shape index (κ2) is 8.15. The Morgan fingerprint density at radius 2 is 1.77 bits per heavy atom. The van der Waals surface area contributed by atoms with Crippen LogP contribution in [-0.2, 0) is 14.8 Å². The van der Waals surface area contributed by atoms with E-state index in [-0.39, 0.29) is 10.5 Å². The Hall–Kier alpha value is -1.97. The summed E-state index contributed by atoms with van der Waals surface area (Å²) >= 11 is 0. The molecule has 0 aromatic heterocycles. The van der Waals surface area contributed by atoms with Crippen LogP contribution in [-0.4, -0.2) is 54.9 Å². The second-order valence-corrected chi connectivity index (χ2v) is 8.56. The van der Waals surface area contributed by atoms with Gasteiger partial charge in [-0.3, -0.25) is 4.79 Å². The Morgan fingerprint density at radius 3 is 2.23 bits per heavy atom. The Balaban J connectivity index is 2.12. The molecule has 8 nitrogen and oxygen atoms in total. The second-order valence-electron chi connectivity index (χ2n) is 6.62. The van der Waals surface area contributed by atoms with Gasteiger partial charge in [-0.15, -0.1) is 0 Å². The maximum atomic E-state index is 12.6. The summed E-state index contributed by atoms with van der Waals surface area (Å²) in [5.41, 5.74) is 0.0862. The Kier molecular flexibility index (Phi) is 6.38. The summed E-state index contributed by atoms with van der Waals surface area (Å²) in [5.74, 6) is -1.85. The number of rotatable bonds is 6. The minimum atomic E-state index is -3.62. The van der Waals surface area contributed by atoms with Crippen molar-refractivity contribution in [1.29, 1.82) is 0 Å². The smallest absolute Gasteiger partial charge is 0.251 e. The van der Waals surface area contributed by atoms with Crippen LogP contribution in [0.2, 0.25) is 0 Å². The van der Waals surface area contributed by atoms with Crippen LogP contribution in [0, 0.1) is 5.92 Å². The van der Waals surface area contributed by atoms with E-state index in [1.807, 2.05) is 0 Å². The van der Waals surface area contributed by atoms with Crippen molar-refractivity contribution in [3.05, 3.63) is 29.8 Å². The molecule has 0 spiro atoms. The fraction of sp³-hybridized carbons (Fsp3) is 0.529. The highest BCUT2D eigenvalue weighted by atomic mass is 32.2. The van der Waals surface area contributed by atoms with Crippen LogP contribution in [0.25, 0.3) is 0 Å². The lowest BCUT2D eigenvalue weighted by Crippen LogP contribution is -2.53. The highest BCUT2D eigenvalue weighted by molar-refractivity contribution is 7.89. The number of piperidine rings is 1. The maximum Gasteiger partial charge on any atom is 0.251 e. The lowest BCUT2D eigenvalue weighted by atomic mass is 10.0. The summed E-state index contributed by atoms with van der Waals surface area (Å²) in [6.07, 6.45) is 0.290. The van der Waals surface area contributed by atoms with Crippen molar-refractivity contribution in [2.24, 2.45) is 5.92 Å². The number of carbonyl (C=O) groups excluding carboxylic acids is 2. The number of carbonyl (C=O) groups is 2. The molecule has 144 valence electrons. The largest absolute Gasteiger partial charge is 0.548 e. The summed E-state index contributed by atoms with van der Waals surface area (Å²) in [6.45, 7) is 4.24. The first-order chi connectivity index (χ1) is 12.1. The number of aliphatic hydroxyl groups is 1. The molecule has 1 aliphatic rings. The van der Waals surface area contributed by atoms with Gasteiger partial charge in [0.15, 0.2) is 0 Å². The highest BCUT2D eigenvalue weighted by Gasteiger charge is 2.28. The van der Waals surface area contributed by atoms with Crippen molar-refractivity contribution in [3.8, 4) is 0 Å². The molecule has 1 heterocycles. The molecule has 1 aromatic carbocycles. The highest BCUT2D eigenvalue weighted by Crippen LogP contribution is 2.23. The molecule has 1 fully saturated rings. The zero-order valence-electron chi connectivity index (χ0n) is 14.7. The molecule has 0 radical (unpaired) electrons. The molecule has 0 unspecified atom stereocenters. The van der Waals surface area contributed by atoms with Gasteiger partial charge in [0.1, 0.15) is 0 Å². The number of nitrogens with zero attached hydrogens (tertiary/aromatic N) is 1. The molecule has 1 aliphatic heterocycles. The van der Waals surface area contributed by atoms with Gasteiger partial charge in [0.05, 0.1) is 23.0 Å². The molecule has 2 atom stereocenters. The monoisotopic (exact) mass is 383 g/mol. The number of sulfonamides is 1. The lowest BCUT2D eigenvalue weighted by Gasteiger charge is -2.29. The average Bonchev–Trinajstić information content (AvgIpc) is 2.59. The van der Waals surface area contributed by atoms with Gasteiger partial charge in [-0.1, -0.05) is 6.92 Å². The van der Waals surface area contributed by atoms with Gasteiger partial charge in [-0.05, 0) is 49.9 Å². The predicted molar refractivity (Wildman–Crippen MR) is 91.5 cm³/mol. The van der Waals surface area contributed by atoms with Crippen LogP contribution >= 0.6 is 0 Å². The molecule has 2 rings (SSSR count). The number of nitrogens with one attached hydrogen (secondary N) is 1. The van der Waals surface area contributed by atoms with Gasteiger partial charge < -0.3 is 20.3 Å². The number of carboxylic acids is 1. The van der Waals surface area contributed by atoms with Crippen molar-refractivity contribution in [1.82, 2.24) is 9.62 Å². The zero-order valence-corrected chi connectivity index (χ0v) is 15.5. The van der Waals surface area contributed by atoms with Crippen LogP contribution in [0.3, 0.4) is 0 Å². The Morgan fingerprint density at radius 1 is 1.23 bits per heavy atom. The molecule has 0 bridgehead atoms. The van der Waals surface area contributed by atoms with E-state index in [2.05, 4.69) is 12.2 Å². The first-order valence-corrected chi connectivity index (χ1v) is 9.87. The van der Waals surface area contributed by atoms with Crippen LogP contribution in [0.1, 0.15) is 37.0 Å². The van der Waals surface area contributed by atoms with Gasteiger partial charge in [0.25, 0.3) is 5.91 Å². The molecule has 0 aliphatic carbocycles. The number of hydrogen-bond donors (Lipinski definition) is 2. The predicted octanol–water partition coefficient (Wildman–Crippen LogP) is -0.664. The third kappa shape index (κ3) is 4.60. The average molecular weight is 383 g/mol. The molecule has 2 N–H and O–H groups in total. The summed E-state index contributed by atoms with van der Waals surface area (Å²) in [5, 5.41) is 22.4. The molecule has 1 saturated heterocycles. The van der Waals surface area contributed by atoms with E-state index >= 15 is 0 Å². The molecule has 9 heteroatoms. The molecular weight excluding hydrogens is 360 g/mol. The van der Waals surface area contributed by atoms with E-state index < -0.39 is 34.0 Å². The van der Waals surface area contributed by atoms with Crippen molar-refractivity contribution in [2.75, 3.05) is 13.1 Å². The van der Waals surface area contributed by atoms with Crippen molar-refractivity contribution < 1.29 is 28.2 Å². The zero-order chi connectivity index (χ0) is 19.5. The van der Waals surface area contributed by atoms with Gasteiger partial charge >= 0.3 is 0 Å². The van der Waals surface area contributed by atoms with Gasteiger partial charge in [-0.2, -0.15) is 4.31 Å². The Bertz CT molecular complexity index is 752. The number of benzene rings is 1. The number of aliphatic hydroxyl groups excluding tert-OH is 1. The van der Waals surface area contributed by atoms with Crippen LogP contribution in [0.4, 0.5) is 0 Å². The van der Waals surface area contributed by atoms with E-state index in [0.29, 0.717) is 19.0 Å². The quantitative estimate of drug-likeness (QED) is 0.671. The van der Waals surface area contributed by atoms with E-state index in [1.165, 1.54) is 35.5 Å². The van der Waals surface area contributed by atoms with Gasteiger partial charge in [-0.25, -0.2) is 8.42 Å². The summed E-state index contributed by atoms with van der Waals surface area (Å²) in [6, 6.07) is 3.70. The first-order valence-electron chi connectivity index (χ1n) is 8.43. The van der Waals surface area contributed by atoms with Crippen LogP contribution in [0.15, 0.2) is 29.2 Å². The molecular formula is C17H23N2O6S-. The number of carboxylic acid groups (broad SMARTS) is 1. The fourth-order valence-corrected chi connectivity index (χ4v) is 4.22. The minimum Gasteiger partial charge on any atom is -0.548 e. The van der Waals surface area contributed by atoms with Crippen molar-refractivity contribution in [2.45, 2.75) is 43.7 Å². The van der Waals surface area contributed by atoms with E-state index in [9.17, 15) is 28.2 Å². The number of hydrogen-bond acceptors (Lipinski definition) is 6. The van der Waals surface area contributed by atoms with Crippen LogP contribution < -0.4 is 10.4 Å². The van der Waals surface area contributed by atoms with Crippen molar-refractivity contribution in [3.63, 3.8) is 0 Å². The minimum absolute atomic E-state index is 0.0792. The summed E-state index contributed by atoms with van der Waals surface area (Å²) < 4.78 is 26.7. The molecule has 1 amide bonds. The summed E-state index contributed by atoms with van der Waals surface area (Å²) in [7, 11) is -3.62. The number of aliphatic carboxylic acids is 1. The molecule has 0 saturated carbocycles. The standard InChI is InChI=1S/C17H24N2O6S/c1-11-7-9-19(10-8-11)26(24,25)14-5-3-13(4-6-14)16(21)18-15(12(2)20)17(22)23/h3-6,11-12,15,20H,7-10H2,1-2H3,(H,18,21)(H,22,23)/p-1/t12-,15-/m1/s1. The third-order valence-corrected chi connectivity index (χ3v) is 6.43. The third-order valence-electron chi connectivity index (χ3n) is 4.52. The SMILES string of the molecule is CC1CCN(S(=O)(=O)c2ccc(C(=O)N[C@@H](C(=O)[O-])[C@@H](C)O)cc2)CC1. The lowest BCUT2D eigenvalue weighted by molar-refractivity contribution is -0.310. The first kappa shape index (κ1) is 20.3. The molecule has 1 aromatic rings. The fourth-order valence-electron chi connectivity index (χ4n) is 2.75. The van der Waals surface area contributed by atoms with E-state index in [1.54, 1.807) is 0 Å². The summed E-state index contributed by atoms with van der Waals surface area (Å²) in [4.78, 5) is 23.1. The molecule has 26 heavy (non-hydrogen) atoms. The van der Waals surface area contributed by atoms with Crippen molar-refractivity contribution >= 4 is 21.9 Å². The van der Waals surface area contributed by atoms with E-state index in [4.69, 9.17) is 0 Å². The number of amides is 1. The Labute approximate surface area is 152 Å². The topological polar surface area (TPSA) is 127 Å². The normalized spacial score (nSPS) is 18.9. The van der Waals surface area contributed by atoms with E-state index in [0.717, 1.165) is 12.8 Å². The maximum absolute atomic E-state index is 12.6. The van der Waals surface area contributed by atoms with Crippen LogP contribution in [0.5, 0.6) is 0 Å².